The lowest BCUT2D eigenvalue weighted by molar-refractivity contribution is -0.485. The first kappa shape index (κ1) is 26.3. The van der Waals surface area contributed by atoms with Crippen LogP contribution in [0, 0.1) is 56.5 Å². The Morgan fingerprint density at radius 1 is 1.14 bits per heavy atom. The molecule has 4 rings (SSSR count). The van der Waals surface area contributed by atoms with E-state index < -0.39 is 5.03 Å². The van der Waals surface area contributed by atoms with Gasteiger partial charge in [-0.2, -0.15) is 0 Å². The van der Waals surface area contributed by atoms with Crippen LogP contribution in [-0.2, 0) is 9.53 Å². The summed E-state index contributed by atoms with van der Waals surface area (Å²) >= 11 is 0. The third kappa shape index (κ3) is 4.96. The average molecular weight is 487 g/mol. The van der Waals surface area contributed by atoms with Crippen molar-refractivity contribution in [2.75, 3.05) is 0 Å². The monoisotopic (exact) mass is 486 g/mol. The van der Waals surface area contributed by atoms with Crippen molar-refractivity contribution in [1.29, 1.82) is 0 Å². The van der Waals surface area contributed by atoms with Gasteiger partial charge in [0.1, 0.15) is 11.8 Å². The topological polar surface area (TPSA) is 81.8 Å². The molecule has 8 atom stereocenters. The fourth-order valence-corrected chi connectivity index (χ4v) is 8.94. The first-order valence-corrected chi connectivity index (χ1v) is 14.1. The fourth-order valence-electron chi connectivity index (χ4n) is 8.94. The van der Waals surface area contributed by atoms with Gasteiger partial charge in [-0.05, 0) is 85.0 Å². The summed E-state index contributed by atoms with van der Waals surface area (Å²) in [6.45, 7) is 13.4. The fraction of sp³-hybridized carbons (Fsp3) is 0.862. The van der Waals surface area contributed by atoms with E-state index in [2.05, 4.69) is 39.7 Å². The van der Waals surface area contributed by atoms with Crippen LogP contribution in [0.5, 0.6) is 0 Å². The highest BCUT2D eigenvalue weighted by Gasteiger charge is 2.61. The van der Waals surface area contributed by atoms with Crippen molar-refractivity contribution in [1.82, 2.24) is 0 Å². The zero-order valence-corrected chi connectivity index (χ0v) is 22.7. The Kier molecular flexibility index (Phi) is 7.51. The number of carbonyl (C=O) groups excluding carboxylic acids is 1. The highest BCUT2D eigenvalue weighted by atomic mass is 16.7. The first-order chi connectivity index (χ1) is 16.5. The molecule has 0 bridgehead atoms. The molecule has 0 spiro atoms. The summed E-state index contributed by atoms with van der Waals surface area (Å²) in [4.78, 5) is 23.2. The Labute approximate surface area is 211 Å². The molecule has 0 saturated heterocycles. The highest BCUT2D eigenvalue weighted by Crippen LogP contribution is 2.67. The molecule has 4 aliphatic rings. The van der Waals surface area contributed by atoms with E-state index in [1.54, 1.807) is 0 Å². The van der Waals surface area contributed by atoms with E-state index >= 15 is 0 Å². The number of carbonyl (C=O) groups is 1. The van der Waals surface area contributed by atoms with Gasteiger partial charge >= 0.3 is 5.97 Å². The van der Waals surface area contributed by atoms with Gasteiger partial charge in [0, 0.05) is 19.3 Å². The largest absolute Gasteiger partial charge is 0.462 e. The molecule has 196 valence electrons. The molecule has 4 aliphatic carbocycles. The SMILES string of the molecule is CC(=O)O[C@H]1CC[C@@]2(C)C(=C/C(=N\[N+](=O)[O-])C3[C@@H]4CC[C@H]([C@H](C)CCCC(C)C)[C@@]4(C)CC[C@@H]32)C1. The van der Waals surface area contributed by atoms with E-state index in [9.17, 15) is 14.9 Å². The second-order valence-corrected chi connectivity index (χ2v) is 13.1. The van der Waals surface area contributed by atoms with Crippen LogP contribution in [-0.4, -0.2) is 22.8 Å². The summed E-state index contributed by atoms with van der Waals surface area (Å²) in [5.41, 5.74) is 2.13. The van der Waals surface area contributed by atoms with Crippen molar-refractivity contribution in [3.63, 3.8) is 0 Å². The van der Waals surface area contributed by atoms with Gasteiger partial charge in [0.15, 0.2) is 5.03 Å². The zero-order chi connectivity index (χ0) is 25.5. The van der Waals surface area contributed by atoms with E-state index in [-0.39, 0.29) is 28.8 Å². The maximum atomic E-state index is 11.6. The average Bonchev–Trinajstić information content (AvgIpc) is 3.10. The molecule has 0 N–H and O–H groups in total. The van der Waals surface area contributed by atoms with Crippen LogP contribution in [0.1, 0.15) is 106 Å². The smallest absolute Gasteiger partial charge is 0.302 e. The number of allylic oxidation sites excluding steroid dienone is 1. The lowest BCUT2D eigenvalue weighted by Crippen LogP contribution is -2.54. The van der Waals surface area contributed by atoms with Gasteiger partial charge in [-0.15, -0.1) is 0 Å². The summed E-state index contributed by atoms with van der Waals surface area (Å²) in [5.74, 6) is 2.89. The van der Waals surface area contributed by atoms with Crippen molar-refractivity contribution in [2.45, 2.75) is 112 Å². The van der Waals surface area contributed by atoms with Crippen molar-refractivity contribution in [3.05, 3.63) is 21.8 Å². The normalized spacial score (nSPS) is 40.5. The third-order valence-electron chi connectivity index (χ3n) is 10.7. The van der Waals surface area contributed by atoms with Gasteiger partial charge in [0.05, 0.1) is 5.10 Å². The van der Waals surface area contributed by atoms with E-state index in [1.807, 2.05) is 6.08 Å². The molecule has 35 heavy (non-hydrogen) atoms. The van der Waals surface area contributed by atoms with E-state index in [0.29, 0.717) is 35.8 Å². The molecule has 0 heterocycles. The maximum Gasteiger partial charge on any atom is 0.302 e. The Balaban J connectivity index is 1.63. The van der Waals surface area contributed by atoms with Gasteiger partial charge in [-0.1, -0.05) is 59.5 Å². The predicted octanol–water partition coefficient (Wildman–Crippen LogP) is 7.20. The minimum absolute atomic E-state index is 0.0131. The minimum Gasteiger partial charge on any atom is -0.462 e. The van der Waals surface area contributed by atoms with Crippen molar-refractivity contribution in [3.8, 4) is 0 Å². The summed E-state index contributed by atoms with van der Waals surface area (Å²) in [6, 6.07) is 0. The molecule has 1 unspecified atom stereocenters. The number of hydrogen-bond donors (Lipinski definition) is 0. The molecule has 0 radical (unpaired) electrons. The Bertz CT molecular complexity index is 895. The number of nitrogens with zero attached hydrogens (tertiary/aromatic N) is 2. The summed E-state index contributed by atoms with van der Waals surface area (Å²) in [6.07, 6.45) is 13.0. The molecule has 0 aromatic carbocycles. The van der Waals surface area contributed by atoms with Crippen LogP contribution >= 0.6 is 0 Å². The van der Waals surface area contributed by atoms with Gasteiger partial charge in [-0.3, -0.25) is 4.79 Å². The Hall–Kier alpha value is -1.72. The highest BCUT2D eigenvalue weighted by molar-refractivity contribution is 5.99. The molecule has 3 fully saturated rings. The van der Waals surface area contributed by atoms with Gasteiger partial charge < -0.3 is 4.74 Å². The second kappa shape index (κ2) is 9.97. The van der Waals surface area contributed by atoms with Crippen molar-refractivity contribution < 1.29 is 14.6 Å². The van der Waals surface area contributed by atoms with Crippen molar-refractivity contribution in [2.24, 2.45) is 51.4 Å². The van der Waals surface area contributed by atoms with Gasteiger partial charge in [-0.25, -0.2) is 10.1 Å². The summed E-state index contributed by atoms with van der Waals surface area (Å²) in [7, 11) is 0. The van der Waals surface area contributed by atoms with E-state index in [4.69, 9.17) is 4.74 Å². The minimum atomic E-state index is -0.495. The van der Waals surface area contributed by atoms with Gasteiger partial charge in [0.25, 0.3) is 0 Å². The molecule has 0 amide bonds. The second-order valence-electron chi connectivity index (χ2n) is 13.1. The number of rotatable bonds is 7. The van der Waals surface area contributed by atoms with Crippen LogP contribution in [0.25, 0.3) is 0 Å². The molecule has 0 aromatic heterocycles. The number of esters is 1. The Morgan fingerprint density at radius 2 is 1.89 bits per heavy atom. The molecular formula is C29H46N2O4. The lowest BCUT2D eigenvalue weighted by Gasteiger charge is -2.58. The van der Waals surface area contributed by atoms with Gasteiger partial charge in [0.2, 0.25) is 0 Å². The zero-order valence-electron chi connectivity index (χ0n) is 22.7. The number of ether oxygens (including phenoxy) is 1. The van der Waals surface area contributed by atoms with Crippen LogP contribution in [0.15, 0.2) is 16.8 Å². The molecular weight excluding hydrogens is 440 g/mol. The molecule has 6 nitrogen and oxygen atoms in total. The predicted molar refractivity (Wildman–Crippen MR) is 138 cm³/mol. The molecule has 6 heteroatoms. The third-order valence-corrected chi connectivity index (χ3v) is 10.7. The first-order valence-electron chi connectivity index (χ1n) is 14.1. The van der Waals surface area contributed by atoms with E-state index in [0.717, 1.165) is 31.6 Å². The molecule has 0 aliphatic heterocycles. The van der Waals surface area contributed by atoms with E-state index in [1.165, 1.54) is 44.6 Å². The quantitative estimate of drug-likeness (QED) is 0.216. The maximum absolute atomic E-state index is 11.6. The number of hydrazone groups is 1. The number of fused-ring (bicyclic) bond motifs is 5. The molecule has 3 saturated carbocycles. The van der Waals surface area contributed by atoms with Crippen LogP contribution in [0.3, 0.4) is 0 Å². The summed E-state index contributed by atoms with van der Waals surface area (Å²) < 4.78 is 5.56. The standard InChI is InChI=1S/C29H46N2O4/c1-18(2)8-7-9-19(3)23-10-11-24-27-25(13-15-29(23,24)6)28(5)14-12-22(35-20(4)32)16-21(28)17-26(27)30-31(33)34/h17-19,22-25,27H,7-16H2,1-6H3/b30-26+/t19-,22+,23-,24+,25+,27?,28+,29-/m1/s1. The van der Waals surface area contributed by atoms with Crippen LogP contribution in [0.2, 0.25) is 0 Å². The summed E-state index contributed by atoms with van der Waals surface area (Å²) in [5, 5.41) is 15.1. The lowest BCUT2D eigenvalue weighted by atomic mass is 9.46. The Morgan fingerprint density at radius 3 is 2.54 bits per heavy atom. The number of nitro groups is 1. The van der Waals surface area contributed by atoms with Crippen molar-refractivity contribution >= 4 is 11.7 Å². The molecule has 0 aromatic rings. The van der Waals surface area contributed by atoms with Crippen LogP contribution < -0.4 is 0 Å². The number of hydrogen-bond acceptors (Lipinski definition) is 4. The van der Waals surface area contributed by atoms with Crippen LogP contribution in [0.4, 0.5) is 0 Å².